The number of benzene rings is 2. The van der Waals surface area contributed by atoms with Crippen molar-refractivity contribution in [3.8, 4) is 29.0 Å². The first-order chi connectivity index (χ1) is 14.4. The summed E-state index contributed by atoms with van der Waals surface area (Å²) in [6.45, 7) is 3.24. The van der Waals surface area contributed by atoms with Gasteiger partial charge in [0.05, 0.1) is 11.2 Å². The number of hydrogen-bond acceptors (Lipinski definition) is 7. The molecule has 4 rings (SSSR count). The molecular weight excluding hydrogens is 410 g/mol. The number of carboxylic acid groups (broad SMARTS) is 1. The van der Waals surface area contributed by atoms with E-state index in [0.717, 1.165) is 11.1 Å². The van der Waals surface area contributed by atoms with E-state index in [4.69, 9.17) is 30.6 Å². The van der Waals surface area contributed by atoms with Crippen LogP contribution in [-0.2, 0) is 4.79 Å². The number of carboxylic acids is 1. The molecule has 0 radical (unpaired) electrons. The van der Waals surface area contributed by atoms with E-state index in [2.05, 4.69) is 15.0 Å². The molecule has 0 amide bonds. The van der Waals surface area contributed by atoms with Gasteiger partial charge in [0, 0.05) is 5.56 Å². The number of aryl methyl sites for hydroxylation is 2. The first kappa shape index (κ1) is 19.7. The van der Waals surface area contributed by atoms with Gasteiger partial charge in [-0.3, -0.25) is 0 Å². The van der Waals surface area contributed by atoms with Crippen LogP contribution >= 0.6 is 11.6 Å². The van der Waals surface area contributed by atoms with Crippen LogP contribution in [0.4, 0.5) is 0 Å². The molecule has 4 aromatic rings. The van der Waals surface area contributed by atoms with E-state index in [0.29, 0.717) is 33.5 Å². The molecule has 2 aromatic carbocycles. The van der Waals surface area contributed by atoms with Gasteiger partial charge in [0.2, 0.25) is 5.89 Å². The molecule has 0 spiro atoms. The molecule has 0 atom stereocenters. The Morgan fingerprint density at radius 2 is 1.90 bits per heavy atom. The number of rotatable bonds is 6. The molecular formula is C21H16ClN3O5. The van der Waals surface area contributed by atoms with Crippen LogP contribution in [0.1, 0.15) is 11.1 Å². The van der Waals surface area contributed by atoms with Gasteiger partial charge in [-0.2, -0.15) is 4.98 Å². The molecule has 152 valence electrons. The van der Waals surface area contributed by atoms with Crippen molar-refractivity contribution in [2.75, 3.05) is 6.61 Å². The molecule has 0 fully saturated rings. The molecule has 0 unspecified atom stereocenters. The minimum atomic E-state index is -1.04. The summed E-state index contributed by atoms with van der Waals surface area (Å²) in [5.41, 5.74) is 2.98. The fraction of sp³-hybridized carbons (Fsp3) is 0.143. The van der Waals surface area contributed by atoms with Crippen molar-refractivity contribution in [3.63, 3.8) is 0 Å². The minimum absolute atomic E-state index is 0.0862. The summed E-state index contributed by atoms with van der Waals surface area (Å²) < 4.78 is 16.8. The number of halogens is 1. The first-order valence-corrected chi connectivity index (χ1v) is 9.30. The normalized spacial score (nSPS) is 10.9. The fourth-order valence-corrected chi connectivity index (χ4v) is 3.13. The lowest BCUT2D eigenvalue weighted by Crippen LogP contribution is -2.10. The van der Waals surface area contributed by atoms with Crippen molar-refractivity contribution in [1.82, 2.24) is 15.0 Å². The van der Waals surface area contributed by atoms with E-state index in [-0.39, 0.29) is 11.7 Å². The largest absolute Gasteiger partial charge is 0.481 e. The predicted octanol–water partition coefficient (Wildman–Crippen LogP) is 4.81. The Hall–Kier alpha value is -3.65. The van der Waals surface area contributed by atoms with Gasteiger partial charge in [0.25, 0.3) is 5.71 Å². The average molecular weight is 426 g/mol. The summed E-state index contributed by atoms with van der Waals surface area (Å²) in [7, 11) is 0. The van der Waals surface area contributed by atoms with Crippen molar-refractivity contribution in [2.24, 2.45) is 0 Å². The summed E-state index contributed by atoms with van der Waals surface area (Å²) in [5.74, 6) is 0.268. The third kappa shape index (κ3) is 4.04. The lowest BCUT2D eigenvalue weighted by molar-refractivity contribution is -0.139. The van der Waals surface area contributed by atoms with E-state index < -0.39 is 12.6 Å². The van der Waals surface area contributed by atoms with Crippen molar-refractivity contribution in [3.05, 3.63) is 58.7 Å². The number of nitrogens with zero attached hydrogens (tertiary/aromatic N) is 3. The second-order valence-corrected chi connectivity index (χ2v) is 6.92. The summed E-state index contributed by atoms with van der Waals surface area (Å²) in [6.07, 6.45) is 1.51. The Labute approximate surface area is 176 Å². The van der Waals surface area contributed by atoms with Crippen molar-refractivity contribution < 1.29 is 23.8 Å². The van der Waals surface area contributed by atoms with Crippen LogP contribution in [0.15, 0.2) is 47.0 Å². The topological polar surface area (TPSA) is 108 Å². The number of carbonyl (C=O) groups is 1. The Bertz CT molecular complexity index is 1230. The molecule has 30 heavy (non-hydrogen) atoms. The Balaban J connectivity index is 1.64. The highest BCUT2D eigenvalue weighted by atomic mass is 35.5. The summed E-state index contributed by atoms with van der Waals surface area (Å²) in [6, 6.07) is 10.7. The Kier molecular flexibility index (Phi) is 5.24. The minimum Gasteiger partial charge on any atom is -0.481 e. The molecule has 1 N–H and O–H groups in total. The zero-order valence-corrected chi connectivity index (χ0v) is 16.8. The number of oxazole rings is 1. The van der Waals surface area contributed by atoms with Crippen molar-refractivity contribution >= 4 is 28.8 Å². The Morgan fingerprint density at radius 3 is 2.60 bits per heavy atom. The third-order valence-corrected chi connectivity index (χ3v) is 4.53. The predicted molar refractivity (Wildman–Crippen MR) is 109 cm³/mol. The molecule has 2 aromatic heterocycles. The standard InChI is InChI=1S/C21H16ClN3O5/c1-11-7-13(8-12(2)18(11)28-10-17(26)27)19-24-15-9-23-21(25-20(15)30-19)29-16-6-4-3-5-14(16)22/h3-9H,10H2,1-2H3,(H,26,27). The molecule has 9 heteroatoms. The maximum Gasteiger partial charge on any atom is 0.341 e. The van der Waals surface area contributed by atoms with E-state index >= 15 is 0 Å². The molecule has 2 heterocycles. The summed E-state index contributed by atoms with van der Waals surface area (Å²) in [5, 5.41) is 9.26. The SMILES string of the molecule is Cc1cc(-c2nc3cnc(Oc4ccccc4Cl)nc3o2)cc(C)c1OCC(=O)O. The van der Waals surface area contributed by atoms with Crippen LogP contribution in [0, 0.1) is 13.8 Å². The number of fused-ring (bicyclic) bond motifs is 1. The number of para-hydroxylation sites is 1. The maximum absolute atomic E-state index is 10.8. The second-order valence-electron chi connectivity index (χ2n) is 6.52. The quantitative estimate of drug-likeness (QED) is 0.468. The first-order valence-electron chi connectivity index (χ1n) is 8.93. The van der Waals surface area contributed by atoms with Crippen LogP contribution in [0.5, 0.6) is 17.5 Å². The Morgan fingerprint density at radius 1 is 1.17 bits per heavy atom. The number of aromatic nitrogens is 3. The van der Waals surface area contributed by atoms with Crippen molar-refractivity contribution in [2.45, 2.75) is 13.8 Å². The van der Waals surface area contributed by atoms with Crippen LogP contribution in [0.3, 0.4) is 0 Å². The molecule has 0 aliphatic heterocycles. The van der Waals surface area contributed by atoms with Gasteiger partial charge in [-0.05, 0) is 49.2 Å². The van der Waals surface area contributed by atoms with Gasteiger partial charge < -0.3 is 19.0 Å². The molecule has 0 aliphatic carbocycles. The highest BCUT2D eigenvalue weighted by Gasteiger charge is 2.16. The van der Waals surface area contributed by atoms with Gasteiger partial charge in [-0.1, -0.05) is 23.7 Å². The summed E-state index contributed by atoms with van der Waals surface area (Å²) in [4.78, 5) is 23.6. The molecule has 0 bridgehead atoms. The molecule has 0 saturated carbocycles. The van der Waals surface area contributed by atoms with E-state index in [1.165, 1.54) is 6.20 Å². The van der Waals surface area contributed by atoms with Crippen LogP contribution in [0.2, 0.25) is 5.02 Å². The molecule has 0 aliphatic rings. The van der Waals surface area contributed by atoms with Crippen LogP contribution in [-0.4, -0.2) is 32.6 Å². The van der Waals surface area contributed by atoms with E-state index in [1.807, 2.05) is 26.0 Å². The maximum atomic E-state index is 10.8. The lowest BCUT2D eigenvalue weighted by Gasteiger charge is -2.11. The van der Waals surface area contributed by atoms with Gasteiger partial charge in [0.15, 0.2) is 6.61 Å². The smallest absolute Gasteiger partial charge is 0.341 e. The highest BCUT2D eigenvalue weighted by Crippen LogP contribution is 2.32. The van der Waals surface area contributed by atoms with E-state index in [9.17, 15) is 4.79 Å². The van der Waals surface area contributed by atoms with Crippen LogP contribution in [0.25, 0.3) is 22.7 Å². The van der Waals surface area contributed by atoms with E-state index in [1.54, 1.807) is 24.3 Å². The van der Waals surface area contributed by atoms with Crippen LogP contribution < -0.4 is 9.47 Å². The third-order valence-electron chi connectivity index (χ3n) is 4.21. The fourth-order valence-electron chi connectivity index (χ4n) is 2.95. The molecule has 8 nitrogen and oxygen atoms in total. The van der Waals surface area contributed by atoms with Gasteiger partial charge in [-0.15, -0.1) is 0 Å². The highest BCUT2D eigenvalue weighted by molar-refractivity contribution is 6.32. The molecule has 0 saturated heterocycles. The van der Waals surface area contributed by atoms with Gasteiger partial charge in [-0.25, -0.2) is 14.8 Å². The van der Waals surface area contributed by atoms with Gasteiger partial charge >= 0.3 is 12.0 Å². The van der Waals surface area contributed by atoms with Gasteiger partial charge in [0.1, 0.15) is 17.0 Å². The average Bonchev–Trinajstić information content (AvgIpc) is 3.12. The summed E-state index contributed by atoms with van der Waals surface area (Å²) >= 11 is 6.10. The number of ether oxygens (including phenoxy) is 2. The number of aliphatic carboxylic acids is 1. The lowest BCUT2D eigenvalue weighted by atomic mass is 10.1. The monoisotopic (exact) mass is 425 g/mol. The number of hydrogen-bond donors (Lipinski definition) is 1. The zero-order valence-electron chi connectivity index (χ0n) is 16.0. The second kappa shape index (κ2) is 8.00. The zero-order chi connectivity index (χ0) is 21.3. The van der Waals surface area contributed by atoms with Crippen molar-refractivity contribution in [1.29, 1.82) is 0 Å².